The van der Waals surface area contributed by atoms with E-state index in [1.54, 1.807) is 0 Å². The zero-order chi connectivity index (χ0) is 15.1. The maximum absolute atomic E-state index is 3.63. The summed E-state index contributed by atoms with van der Waals surface area (Å²) in [7, 11) is 0. The second-order valence-electron chi connectivity index (χ2n) is 5.85. The van der Waals surface area contributed by atoms with Crippen LogP contribution < -0.4 is 10.2 Å². The molecule has 0 radical (unpaired) electrons. The molecular weight excluding hydrogens is 276 g/mol. The number of anilines is 1. The molecule has 1 fully saturated rings. The Morgan fingerprint density at radius 3 is 2.62 bits per heavy atom. The zero-order valence-corrected chi connectivity index (χ0v) is 14.6. The molecule has 0 aliphatic carbocycles. The maximum atomic E-state index is 3.63. The Bertz CT molecular complexity index is 404. The van der Waals surface area contributed by atoms with Crippen molar-refractivity contribution in [3.05, 3.63) is 29.8 Å². The molecule has 2 rings (SSSR count). The maximum Gasteiger partial charge on any atom is 0.0367 e. The molecule has 1 N–H and O–H groups in total. The minimum Gasteiger partial charge on any atom is -0.370 e. The quantitative estimate of drug-likeness (QED) is 0.800. The Labute approximate surface area is 134 Å². The molecular formula is C18H30N2S. The van der Waals surface area contributed by atoms with Gasteiger partial charge in [-0.2, -0.15) is 11.8 Å². The summed E-state index contributed by atoms with van der Waals surface area (Å²) in [6, 6.07) is 9.76. The summed E-state index contributed by atoms with van der Waals surface area (Å²) < 4.78 is 0. The third kappa shape index (κ3) is 4.65. The van der Waals surface area contributed by atoms with E-state index in [0.717, 1.165) is 18.2 Å². The first-order chi connectivity index (χ1) is 10.3. The van der Waals surface area contributed by atoms with Crippen molar-refractivity contribution >= 4 is 17.4 Å². The van der Waals surface area contributed by atoms with Gasteiger partial charge < -0.3 is 10.2 Å². The van der Waals surface area contributed by atoms with Gasteiger partial charge in [-0.05, 0) is 43.5 Å². The van der Waals surface area contributed by atoms with Crippen LogP contribution >= 0.6 is 11.8 Å². The molecule has 0 spiro atoms. The Hall–Kier alpha value is -0.670. The van der Waals surface area contributed by atoms with Gasteiger partial charge in [-0.3, -0.25) is 0 Å². The van der Waals surface area contributed by atoms with Gasteiger partial charge in [0.25, 0.3) is 0 Å². The predicted octanol–water partition coefficient (Wildman–Crippen LogP) is 4.47. The van der Waals surface area contributed by atoms with E-state index >= 15 is 0 Å². The number of rotatable bonds is 7. The molecule has 0 bridgehead atoms. The van der Waals surface area contributed by atoms with E-state index in [-0.39, 0.29) is 0 Å². The Morgan fingerprint density at radius 2 is 2.00 bits per heavy atom. The van der Waals surface area contributed by atoms with Crippen molar-refractivity contribution in [1.82, 2.24) is 5.32 Å². The molecule has 118 valence electrons. The summed E-state index contributed by atoms with van der Waals surface area (Å²) in [4.78, 5) is 2.55. The molecule has 1 aliphatic heterocycles. The molecule has 1 aliphatic rings. The number of nitrogens with one attached hydrogen (secondary N) is 1. The second kappa shape index (κ2) is 8.70. The van der Waals surface area contributed by atoms with Gasteiger partial charge in [0.1, 0.15) is 0 Å². The van der Waals surface area contributed by atoms with Crippen LogP contribution in [0.15, 0.2) is 24.3 Å². The zero-order valence-electron chi connectivity index (χ0n) is 13.8. The summed E-state index contributed by atoms with van der Waals surface area (Å²) in [5.74, 6) is 1.26. The van der Waals surface area contributed by atoms with Crippen LogP contribution in [0.25, 0.3) is 0 Å². The SMILES string of the molecule is CCCNC(CC)c1ccc(N2CCSC(CC)C2)cc1. The van der Waals surface area contributed by atoms with E-state index < -0.39 is 0 Å². The van der Waals surface area contributed by atoms with Gasteiger partial charge in [0.05, 0.1) is 0 Å². The highest BCUT2D eigenvalue weighted by Gasteiger charge is 2.19. The lowest BCUT2D eigenvalue weighted by Gasteiger charge is -2.34. The minimum absolute atomic E-state index is 0.499. The minimum atomic E-state index is 0.499. The summed E-state index contributed by atoms with van der Waals surface area (Å²) in [6.07, 6.45) is 3.62. The summed E-state index contributed by atoms with van der Waals surface area (Å²) in [6.45, 7) is 10.3. The number of benzene rings is 1. The van der Waals surface area contributed by atoms with Gasteiger partial charge in [-0.15, -0.1) is 0 Å². The van der Waals surface area contributed by atoms with E-state index in [0.29, 0.717) is 6.04 Å². The molecule has 2 unspecified atom stereocenters. The average molecular weight is 307 g/mol. The fraction of sp³-hybridized carbons (Fsp3) is 0.667. The first-order valence-electron chi connectivity index (χ1n) is 8.48. The normalized spacial score (nSPS) is 20.5. The van der Waals surface area contributed by atoms with E-state index in [2.05, 4.69) is 67.0 Å². The van der Waals surface area contributed by atoms with Gasteiger partial charge in [-0.1, -0.05) is 32.9 Å². The molecule has 1 saturated heterocycles. The van der Waals surface area contributed by atoms with Crippen molar-refractivity contribution < 1.29 is 0 Å². The highest BCUT2D eigenvalue weighted by atomic mass is 32.2. The lowest BCUT2D eigenvalue weighted by molar-refractivity contribution is 0.518. The van der Waals surface area contributed by atoms with Crippen molar-refractivity contribution in [3.63, 3.8) is 0 Å². The third-order valence-electron chi connectivity index (χ3n) is 4.30. The average Bonchev–Trinajstić information content (AvgIpc) is 2.56. The van der Waals surface area contributed by atoms with Crippen molar-refractivity contribution in [2.75, 3.05) is 30.3 Å². The summed E-state index contributed by atoms with van der Waals surface area (Å²) in [5, 5.41) is 4.43. The van der Waals surface area contributed by atoms with Crippen LogP contribution in [0.4, 0.5) is 5.69 Å². The van der Waals surface area contributed by atoms with Gasteiger partial charge in [0.15, 0.2) is 0 Å². The van der Waals surface area contributed by atoms with Crippen LogP contribution in [0, 0.1) is 0 Å². The molecule has 2 atom stereocenters. The van der Waals surface area contributed by atoms with Crippen LogP contribution in [-0.4, -0.2) is 30.6 Å². The Balaban J connectivity index is 2.00. The van der Waals surface area contributed by atoms with E-state index in [4.69, 9.17) is 0 Å². The van der Waals surface area contributed by atoms with Crippen LogP contribution in [0.1, 0.15) is 51.6 Å². The second-order valence-corrected chi connectivity index (χ2v) is 7.26. The largest absolute Gasteiger partial charge is 0.370 e. The number of nitrogens with zero attached hydrogens (tertiary/aromatic N) is 1. The van der Waals surface area contributed by atoms with E-state index in [1.165, 1.54) is 42.9 Å². The predicted molar refractivity (Wildman–Crippen MR) is 96.5 cm³/mol. The van der Waals surface area contributed by atoms with Gasteiger partial charge in [0, 0.05) is 35.8 Å². The van der Waals surface area contributed by atoms with Crippen molar-refractivity contribution in [2.24, 2.45) is 0 Å². The number of hydrogen-bond acceptors (Lipinski definition) is 3. The summed E-state index contributed by atoms with van der Waals surface area (Å²) in [5.41, 5.74) is 2.82. The fourth-order valence-electron chi connectivity index (χ4n) is 2.93. The lowest BCUT2D eigenvalue weighted by atomic mass is 10.0. The highest BCUT2D eigenvalue weighted by Crippen LogP contribution is 2.27. The Morgan fingerprint density at radius 1 is 1.24 bits per heavy atom. The van der Waals surface area contributed by atoms with Crippen LogP contribution in [-0.2, 0) is 0 Å². The molecule has 2 nitrogen and oxygen atoms in total. The molecule has 3 heteroatoms. The van der Waals surface area contributed by atoms with Crippen LogP contribution in [0.3, 0.4) is 0 Å². The topological polar surface area (TPSA) is 15.3 Å². The Kier molecular flexibility index (Phi) is 6.91. The molecule has 1 aromatic carbocycles. The fourth-order valence-corrected chi connectivity index (χ4v) is 4.11. The standard InChI is InChI=1S/C18H30N2S/c1-4-11-19-18(6-3)15-7-9-16(10-8-15)20-12-13-21-17(5-2)14-20/h7-10,17-19H,4-6,11-14H2,1-3H3. The van der Waals surface area contributed by atoms with Crippen molar-refractivity contribution in [2.45, 2.75) is 51.3 Å². The summed E-state index contributed by atoms with van der Waals surface area (Å²) >= 11 is 2.13. The lowest BCUT2D eigenvalue weighted by Crippen LogP contribution is -2.37. The first kappa shape index (κ1) is 16.7. The smallest absolute Gasteiger partial charge is 0.0367 e. The van der Waals surface area contributed by atoms with Crippen molar-refractivity contribution in [3.8, 4) is 0 Å². The van der Waals surface area contributed by atoms with Gasteiger partial charge >= 0.3 is 0 Å². The van der Waals surface area contributed by atoms with Crippen LogP contribution in [0.2, 0.25) is 0 Å². The number of hydrogen-bond donors (Lipinski definition) is 1. The molecule has 1 aromatic rings. The van der Waals surface area contributed by atoms with Gasteiger partial charge in [-0.25, -0.2) is 0 Å². The molecule has 1 heterocycles. The highest BCUT2D eigenvalue weighted by molar-refractivity contribution is 8.00. The molecule has 21 heavy (non-hydrogen) atoms. The number of thioether (sulfide) groups is 1. The van der Waals surface area contributed by atoms with Gasteiger partial charge in [0.2, 0.25) is 0 Å². The molecule has 0 saturated carbocycles. The first-order valence-corrected chi connectivity index (χ1v) is 9.53. The molecule has 0 aromatic heterocycles. The van der Waals surface area contributed by atoms with Crippen molar-refractivity contribution in [1.29, 1.82) is 0 Å². The molecule has 0 amide bonds. The van der Waals surface area contributed by atoms with E-state index in [9.17, 15) is 0 Å². The van der Waals surface area contributed by atoms with E-state index in [1.807, 2.05) is 0 Å². The third-order valence-corrected chi connectivity index (χ3v) is 5.68. The van der Waals surface area contributed by atoms with Crippen LogP contribution in [0.5, 0.6) is 0 Å². The monoisotopic (exact) mass is 306 g/mol.